The highest BCUT2D eigenvalue weighted by molar-refractivity contribution is 6.30. The topological polar surface area (TPSA) is 23.5 Å². The van der Waals surface area contributed by atoms with E-state index < -0.39 is 0 Å². The van der Waals surface area contributed by atoms with E-state index in [1.165, 1.54) is 5.56 Å². The van der Waals surface area contributed by atoms with E-state index in [2.05, 4.69) is 38.8 Å². The first-order valence-corrected chi connectivity index (χ1v) is 8.30. The summed E-state index contributed by atoms with van der Waals surface area (Å²) >= 11 is 6.09. The minimum Gasteiger partial charge on any atom is -0.393 e. The number of aliphatic hydroxyl groups is 1. The molecule has 3 unspecified atom stereocenters. The van der Waals surface area contributed by atoms with Gasteiger partial charge in [0.05, 0.1) is 6.10 Å². The molecule has 1 aliphatic rings. The van der Waals surface area contributed by atoms with Crippen LogP contribution in [-0.4, -0.2) is 29.7 Å². The lowest BCUT2D eigenvalue weighted by Gasteiger charge is -2.41. The second kappa shape index (κ2) is 6.68. The average Bonchev–Trinajstić information content (AvgIpc) is 2.42. The summed E-state index contributed by atoms with van der Waals surface area (Å²) in [5.41, 5.74) is 1.58. The van der Waals surface area contributed by atoms with Crippen molar-refractivity contribution >= 4 is 11.6 Å². The summed E-state index contributed by atoms with van der Waals surface area (Å²) in [5.74, 6) is 0.361. The molecule has 21 heavy (non-hydrogen) atoms. The molecule has 3 heteroatoms. The first kappa shape index (κ1) is 16.8. The van der Waals surface area contributed by atoms with Gasteiger partial charge in [0.1, 0.15) is 0 Å². The van der Waals surface area contributed by atoms with Gasteiger partial charge in [0.15, 0.2) is 0 Å². The van der Waals surface area contributed by atoms with Crippen molar-refractivity contribution in [2.75, 3.05) is 13.6 Å². The molecule has 0 radical (unpaired) electrons. The van der Waals surface area contributed by atoms with Crippen LogP contribution in [0, 0.1) is 11.3 Å². The Hall–Kier alpha value is -0.570. The van der Waals surface area contributed by atoms with E-state index in [9.17, 15) is 5.11 Å². The Kier molecular flexibility index (Phi) is 5.34. The zero-order valence-corrected chi connectivity index (χ0v) is 14.4. The Balaban J connectivity index is 2.01. The first-order chi connectivity index (χ1) is 9.78. The molecule has 0 amide bonds. The van der Waals surface area contributed by atoms with Crippen LogP contribution in [0.4, 0.5) is 0 Å². The van der Waals surface area contributed by atoms with E-state index >= 15 is 0 Å². The molecule has 2 nitrogen and oxygen atoms in total. The van der Waals surface area contributed by atoms with Crippen molar-refractivity contribution in [3.8, 4) is 0 Å². The Labute approximate surface area is 134 Å². The molecule has 0 bridgehead atoms. The second-order valence-corrected chi connectivity index (χ2v) is 7.84. The van der Waals surface area contributed by atoms with Crippen LogP contribution in [0.2, 0.25) is 5.02 Å². The smallest absolute Gasteiger partial charge is 0.0581 e. The molecule has 3 atom stereocenters. The molecule has 2 rings (SSSR count). The SMILES string of the molecule is CC(c1cccc(Cl)c1)N(C)CC1CC(C)(C)CCC1O. The van der Waals surface area contributed by atoms with Gasteiger partial charge in [-0.1, -0.05) is 37.6 Å². The van der Waals surface area contributed by atoms with Crippen molar-refractivity contribution in [1.82, 2.24) is 4.90 Å². The average molecular weight is 310 g/mol. The van der Waals surface area contributed by atoms with Crippen molar-refractivity contribution in [2.24, 2.45) is 11.3 Å². The quantitative estimate of drug-likeness (QED) is 0.884. The summed E-state index contributed by atoms with van der Waals surface area (Å²) in [4.78, 5) is 2.33. The third kappa shape index (κ3) is 4.45. The van der Waals surface area contributed by atoms with Crippen LogP contribution in [0.25, 0.3) is 0 Å². The lowest BCUT2D eigenvalue weighted by Crippen LogP contribution is -2.40. The van der Waals surface area contributed by atoms with E-state index in [0.717, 1.165) is 30.8 Å². The molecule has 0 aromatic heterocycles. The van der Waals surface area contributed by atoms with Gasteiger partial charge in [0.25, 0.3) is 0 Å². The number of benzene rings is 1. The largest absolute Gasteiger partial charge is 0.393 e. The zero-order valence-electron chi connectivity index (χ0n) is 13.6. The summed E-state index contributed by atoms with van der Waals surface area (Å²) in [7, 11) is 2.14. The van der Waals surface area contributed by atoms with Gasteiger partial charge in [-0.15, -0.1) is 0 Å². The number of aliphatic hydroxyl groups excluding tert-OH is 1. The monoisotopic (exact) mass is 309 g/mol. The van der Waals surface area contributed by atoms with Crippen LogP contribution in [0.5, 0.6) is 0 Å². The van der Waals surface area contributed by atoms with Gasteiger partial charge in [-0.3, -0.25) is 4.90 Å². The molecule has 1 aliphatic carbocycles. The predicted octanol–water partition coefficient (Wildman–Crippen LogP) is 4.52. The van der Waals surface area contributed by atoms with Gasteiger partial charge in [-0.25, -0.2) is 0 Å². The van der Waals surface area contributed by atoms with E-state index in [0.29, 0.717) is 17.4 Å². The predicted molar refractivity (Wildman–Crippen MR) is 89.6 cm³/mol. The zero-order chi connectivity index (χ0) is 15.6. The molecular formula is C18H28ClNO. The van der Waals surface area contributed by atoms with Gasteiger partial charge < -0.3 is 5.11 Å². The number of hydrogen-bond acceptors (Lipinski definition) is 2. The Morgan fingerprint density at radius 3 is 2.81 bits per heavy atom. The van der Waals surface area contributed by atoms with Crippen LogP contribution in [0.3, 0.4) is 0 Å². The fourth-order valence-corrected chi connectivity index (χ4v) is 3.66. The minimum absolute atomic E-state index is 0.160. The van der Waals surface area contributed by atoms with Crippen molar-refractivity contribution in [3.63, 3.8) is 0 Å². The fourth-order valence-electron chi connectivity index (χ4n) is 3.46. The first-order valence-electron chi connectivity index (χ1n) is 7.92. The summed E-state index contributed by atoms with van der Waals surface area (Å²) in [6.07, 6.45) is 2.99. The van der Waals surface area contributed by atoms with Gasteiger partial charge in [-0.05, 0) is 62.3 Å². The molecule has 1 saturated carbocycles. The molecular weight excluding hydrogens is 282 g/mol. The number of rotatable bonds is 4. The van der Waals surface area contributed by atoms with E-state index in [-0.39, 0.29) is 6.10 Å². The van der Waals surface area contributed by atoms with Crippen LogP contribution in [0.15, 0.2) is 24.3 Å². The van der Waals surface area contributed by atoms with Crippen molar-refractivity contribution in [1.29, 1.82) is 0 Å². The molecule has 1 aromatic rings. The van der Waals surface area contributed by atoms with E-state index in [4.69, 9.17) is 11.6 Å². The van der Waals surface area contributed by atoms with Crippen molar-refractivity contribution < 1.29 is 5.11 Å². The van der Waals surface area contributed by atoms with Crippen LogP contribution in [-0.2, 0) is 0 Å². The van der Waals surface area contributed by atoms with Gasteiger partial charge in [0, 0.05) is 17.6 Å². The Morgan fingerprint density at radius 1 is 1.43 bits per heavy atom. The maximum atomic E-state index is 10.3. The maximum Gasteiger partial charge on any atom is 0.0581 e. The lowest BCUT2D eigenvalue weighted by atomic mass is 9.70. The Bertz CT molecular complexity index is 474. The maximum absolute atomic E-state index is 10.3. The van der Waals surface area contributed by atoms with Gasteiger partial charge in [-0.2, -0.15) is 0 Å². The van der Waals surface area contributed by atoms with Crippen molar-refractivity contribution in [2.45, 2.75) is 52.2 Å². The van der Waals surface area contributed by atoms with Gasteiger partial charge >= 0.3 is 0 Å². The third-order valence-corrected chi connectivity index (χ3v) is 5.23. The van der Waals surface area contributed by atoms with Crippen molar-refractivity contribution in [3.05, 3.63) is 34.9 Å². The fraction of sp³-hybridized carbons (Fsp3) is 0.667. The van der Waals surface area contributed by atoms with E-state index in [1.54, 1.807) is 0 Å². The molecule has 1 fully saturated rings. The molecule has 0 spiro atoms. The number of nitrogens with zero attached hydrogens (tertiary/aromatic N) is 1. The molecule has 1 N–H and O–H groups in total. The highest BCUT2D eigenvalue weighted by Gasteiger charge is 2.34. The summed E-state index contributed by atoms with van der Waals surface area (Å²) in [6.45, 7) is 7.75. The highest BCUT2D eigenvalue weighted by atomic mass is 35.5. The molecule has 118 valence electrons. The molecule has 1 aromatic carbocycles. The Morgan fingerprint density at radius 2 is 2.14 bits per heavy atom. The van der Waals surface area contributed by atoms with Crippen LogP contribution in [0.1, 0.15) is 51.6 Å². The van der Waals surface area contributed by atoms with Crippen LogP contribution < -0.4 is 0 Å². The number of halogens is 1. The minimum atomic E-state index is -0.160. The molecule has 0 aliphatic heterocycles. The highest BCUT2D eigenvalue weighted by Crippen LogP contribution is 2.39. The van der Waals surface area contributed by atoms with E-state index in [1.807, 2.05) is 18.2 Å². The van der Waals surface area contributed by atoms with Crippen LogP contribution >= 0.6 is 11.6 Å². The normalized spacial score (nSPS) is 26.8. The lowest BCUT2D eigenvalue weighted by molar-refractivity contribution is 0.00294. The summed E-state index contributed by atoms with van der Waals surface area (Å²) in [6, 6.07) is 8.37. The summed E-state index contributed by atoms with van der Waals surface area (Å²) in [5, 5.41) is 11.1. The van der Waals surface area contributed by atoms with Gasteiger partial charge in [0.2, 0.25) is 0 Å². The number of hydrogen-bond donors (Lipinski definition) is 1. The standard InChI is InChI=1S/C18H28ClNO/c1-13(14-6-5-7-16(19)10-14)20(4)12-15-11-18(2,3)9-8-17(15)21/h5-7,10,13,15,17,21H,8-9,11-12H2,1-4H3. The molecule has 0 heterocycles. The second-order valence-electron chi connectivity index (χ2n) is 7.40. The third-order valence-electron chi connectivity index (χ3n) is 4.99. The summed E-state index contributed by atoms with van der Waals surface area (Å²) < 4.78 is 0. The molecule has 0 saturated heterocycles.